The molecule has 0 spiro atoms. The van der Waals surface area contributed by atoms with E-state index in [-0.39, 0.29) is 37.6 Å². The van der Waals surface area contributed by atoms with Gasteiger partial charge in [0.1, 0.15) is 12.4 Å². The van der Waals surface area contributed by atoms with Crippen LogP contribution in [0.3, 0.4) is 0 Å². The molecule has 10 heavy (non-hydrogen) atoms. The Hall–Kier alpha value is -0.207. The largest absolute Gasteiger partial charge is 0.510 e. The molecule has 4 heteroatoms. The van der Waals surface area contributed by atoms with Crippen molar-refractivity contribution < 1.29 is 34.1 Å². The molecule has 0 aliphatic carbocycles. The van der Waals surface area contributed by atoms with E-state index in [1.54, 1.807) is 0 Å². The molecular formula is C6H10O3Zn. The Morgan fingerprint density at radius 2 is 2.20 bits per heavy atom. The van der Waals surface area contributed by atoms with Crippen molar-refractivity contribution >= 4 is 5.78 Å². The first-order valence-corrected chi connectivity index (χ1v) is 2.56. The fourth-order valence-electron chi connectivity index (χ4n) is 0.424. The SMILES string of the molecule is COCC(O)=CC(C)=O.[Zn]. The van der Waals surface area contributed by atoms with Crippen LogP contribution in [0.25, 0.3) is 0 Å². The maximum atomic E-state index is 10.2. The van der Waals surface area contributed by atoms with E-state index < -0.39 is 0 Å². The Morgan fingerprint density at radius 3 is 2.50 bits per heavy atom. The van der Waals surface area contributed by atoms with Crippen molar-refractivity contribution in [2.75, 3.05) is 13.7 Å². The standard InChI is InChI=1S/C6H10O3.Zn/c1-5(7)3-6(8)4-9-2;/h3,8H,4H2,1-2H3;. The molecular weight excluding hydrogens is 185 g/mol. The smallest absolute Gasteiger partial charge is 0.156 e. The number of allylic oxidation sites excluding steroid dienone is 1. The summed E-state index contributed by atoms with van der Waals surface area (Å²) in [4.78, 5) is 10.2. The van der Waals surface area contributed by atoms with Crippen molar-refractivity contribution in [1.29, 1.82) is 0 Å². The zero-order valence-electron chi connectivity index (χ0n) is 6.26. The normalized spacial score (nSPS) is 10.4. The van der Waals surface area contributed by atoms with E-state index in [1.807, 2.05) is 0 Å². The van der Waals surface area contributed by atoms with Gasteiger partial charge < -0.3 is 9.84 Å². The number of ketones is 1. The number of methoxy groups -OCH3 is 1. The minimum Gasteiger partial charge on any atom is -0.510 e. The fraction of sp³-hybridized carbons (Fsp3) is 0.500. The van der Waals surface area contributed by atoms with Crippen LogP contribution in [-0.2, 0) is 29.0 Å². The number of aliphatic hydroxyl groups is 1. The van der Waals surface area contributed by atoms with E-state index >= 15 is 0 Å². The summed E-state index contributed by atoms with van der Waals surface area (Å²) >= 11 is 0. The molecule has 1 N–H and O–H groups in total. The van der Waals surface area contributed by atoms with Crippen molar-refractivity contribution in [3.8, 4) is 0 Å². The number of carbonyl (C=O) groups is 1. The molecule has 0 aliphatic rings. The van der Waals surface area contributed by atoms with E-state index in [9.17, 15) is 4.79 Å². The quantitative estimate of drug-likeness (QED) is 0.409. The number of hydrogen-bond donors (Lipinski definition) is 1. The Bertz CT molecular complexity index is 131. The Morgan fingerprint density at radius 1 is 1.70 bits per heavy atom. The van der Waals surface area contributed by atoms with Crippen LogP contribution in [0.2, 0.25) is 0 Å². The third-order valence-corrected chi connectivity index (χ3v) is 0.662. The van der Waals surface area contributed by atoms with Gasteiger partial charge in [-0.15, -0.1) is 0 Å². The summed E-state index contributed by atoms with van der Waals surface area (Å²) in [6, 6.07) is 0. The second-order valence-electron chi connectivity index (χ2n) is 1.68. The summed E-state index contributed by atoms with van der Waals surface area (Å²) in [5, 5.41) is 8.73. The van der Waals surface area contributed by atoms with Crippen LogP contribution < -0.4 is 0 Å². The van der Waals surface area contributed by atoms with Gasteiger partial charge >= 0.3 is 0 Å². The van der Waals surface area contributed by atoms with E-state index in [1.165, 1.54) is 14.0 Å². The zero-order valence-corrected chi connectivity index (χ0v) is 9.22. The Labute approximate surface area is 72.8 Å². The summed E-state index contributed by atoms with van der Waals surface area (Å²) in [5.74, 6) is -0.213. The first-order valence-electron chi connectivity index (χ1n) is 2.56. The molecule has 0 aromatic heterocycles. The van der Waals surface area contributed by atoms with Crippen LogP contribution in [0.15, 0.2) is 11.8 Å². The average Bonchev–Trinajstić information content (AvgIpc) is 1.63. The summed E-state index contributed by atoms with van der Waals surface area (Å²) in [7, 11) is 1.45. The predicted molar refractivity (Wildman–Crippen MR) is 33.3 cm³/mol. The maximum absolute atomic E-state index is 10.2. The van der Waals surface area contributed by atoms with Gasteiger partial charge in [-0.05, 0) is 6.92 Å². The van der Waals surface area contributed by atoms with Gasteiger partial charge in [0.15, 0.2) is 5.78 Å². The van der Waals surface area contributed by atoms with Gasteiger partial charge in [0.2, 0.25) is 0 Å². The van der Waals surface area contributed by atoms with Crippen molar-refractivity contribution in [3.63, 3.8) is 0 Å². The van der Waals surface area contributed by atoms with Gasteiger partial charge in [-0.3, -0.25) is 4.79 Å². The van der Waals surface area contributed by atoms with Gasteiger partial charge in [-0.2, -0.15) is 0 Å². The molecule has 0 rings (SSSR count). The van der Waals surface area contributed by atoms with Crippen LogP contribution >= 0.6 is 0 Å². The predicted octanol–water partition coefficient (Wildman–Crippen LogP) is 0.661. The topological polar surface area (TPSA) is 46.5 Å². The molecule has 54 valence electrons. The molecule has 0 aromatic rings. The van der Waals surface area contributed by atoms with Crippen LogP contribution in [0, 0.1) is 0 Å². The molecule has 0 amide bonds. The second kappa shape index (κ2) is 6.91. The molecule has 0 atom stereocenters. The molecule has 0 heterocycles. The van der Waals surface area contributed by atoms with E-state index in [4.69, 9.17) is 5.11 Å². The number of aliphatic hydroxyl groups excluding tert-OH is 1. The zero-order chi connectivity index (χ0) is 7.28. The number of ether oxygens (including phenoxy) is 1. The van der Waals surface area contributed by atoms with Crippen molar-refractivity contribution in [1.82, 2.24) is 0 Å². The Balaban J connectivity index is 0. The number of rotatable bonds is 3. The first kappa shape index (κ1) is 12.5. The van der Waals surface area contributed by atoms with Gasteiger partial charge in [0, 0.05) is 32.7 Å². The van der Waals surface area contributed by atoms with Crippen LogP contribution in [0.5, 0.6) is 0 Å². The second-order valence-corrected chi connectivity index (χ2v) is 1.68. The molecule has 0 aromatic carbocycles. The summed E-state index contributed by atoms with van der Waals surface area (Å²) in [6.45, 7) is 1.46. The van der Waals surface area contributed by atoms with Crippen LogP contribution in [0.1, 0.15) is 6.92 Å². The monoisotopic (exact) mass is 194 g/mol. The van der Waals surface area contributed by atoms with Gasteiger partial charge in [0.05, 0.1) is 0 Å². The molecule has 3 nitrogen and oxygen atoms in total. The third kappa shape index (κ3) is 7.79. The summed E-state index contributed by atoms with van der Waals surface area (Å²) in [5.41, 5.74) is 0. The van der Waals surface area contributed by atoms with Crippen molar-refractivity contribution in [2.24, 2.45) is 0 Å². The number of carbonyl (C=O) groups excluding carboxylic acids is 1. The van der Waals surface area contributed by atoms with Crippen molar-refractivity contribution in [2.45, 2.75) is 6.92 Å². The first-order chi connectivity index (χ1) is 4.16. The third-order valence-electron chi connectivity index (χ3n) is 0.662. The van der Waals surface area contributed by atoms with E-state index in [0.29, 0.717) is 0 Å². The van der Waals surface area contributed by atoms with Gasteiger partial charge in [0.25, 0.3) is 0 Å². The average molecular weight is 196 g/mol. The molecule has 0 aliphatic heterocycles. The number of hydrogen-bond acceptors (Lipinski definition) is 3. The van der Waals surface area contributed by atoms with Crippen molar-refractivity contribution in [3.05, 3.63) is 11.8 Å². The molecule has 0 saturated carbocycles. The van der Waals surface area contributed by atoms with E-state index in [0.717, 1.165) is 6.08 Å². The van der Waals surface area contributed by atoms with Gasteiger partial charge in [-0.1, -0.05) is 0 Å². The molecule has 0 radical (unpaired) electrons. The molecule has 0 fully saturated rings. The summed E-state index contributed by atoms with van der Waals surface area (Å²) < 4.78 is 4.53. The van der Waals surface area contributed by atoms with Crippen LogP contribution in [-0.4, -0.2) is 24.6 Å². The van der Waals surface area contributed by atoms with E-state index in [2.05, 4.69) is 4.74 Å². The molecule has 0 bridgehead atoms. The fourth-order valence-corrected chi connectivity index (χ4v) is 0.424. The maximum Gasteiger partial charge on any atom is 0.156 e. The van der Waals surface area contributed by atoms with Crippen LogP contribution in [0.4, 0.5) is 0 Å². The van der Waals surface area contributed by atoms with Gasteiger partial charge in [-0.25, -0.2) is 0 Å². The minimum absolute atomic E-state index is 0. The molecule has 0 unspecified atom stereocenters. The summed E-state index contributed by atoms with van der Waals surface area (Å²) in [6.07, 6.45) is 1.13. The minimum atomic E-state index is -0.176. The molecule has 0 saturated heterocycles. The Kier molecular flexibility index (Phi) is 8.61.